The zero-order valence-corrected chi connectivity index (χ0v) is 16.3. The molecule has 0 saturated carbocycles. The molecule has 0 unspecified atom stereocenters. The number of hydrogen-bond donors (Lipinski definition) is 1. The van der Waals surface area contributed by atoms with Crippen molar-refractivity contribution in [1.82, 2.24) is 0 Å². The average Bonchev–Trinajstić information content (AvgIpc) is 2.73. The van der Waals surface area contributed by atoms with Gasteiger partial charge in [-0.05, 0) is 54.1 Å². The maximum atomic E-state index is 13.9. The Morgan fingerprint density at radius 1 is 1.10 bits per heavy atom. The van der Waals surface area contributed by atoms with Crippen LogP contribution in [0.3, 0.4) is 0 Å². The normalized spacial score (nSPS) is 10.9. The van der Waals surface area contributed by atoms with Gasteiger partial charge in [-0.25, -0.2) is 8.78 Å². The molecule has 3 aromatic carbocycles. The van der Waals surface area contributed by atoms with Crippen molar-refractivity contribution in [2.45, 2.75) is 0 Å². The molecule has 1 amide bonds. The second-order valence-corrected chi connectivity index (χ2v) is 6.59. The van der Waals surface area contributed by atoms with Crippen LogP contribution in [0.1, 0.15) is 11.1 Å². The van der Waals surface area contributed by atoms with E-state index in [1.807, 2.05) is 6.07 Å². The topological polar surface area (TPSA) is 62.1 Å². The van der Waals surface area contributed by atoms with Crippen molar-refractivity contribution in [2.75, 3.05) is 11.9 Å². The number of amides is 1. The Hall–Kier alpha value is -3.69. The van der Waals surface area contributed by atoms with Crippen molar-refractivity contribution in [3.8, 4) is 11.8 Å². The molecule has 0 heterocycles. The molecule has 3 aromatic rings. The third-order valence-corrected chi connectivity index (χ3v) is 4.33. The summed E-state index contributed by atoms with van der Waals surface area (Å²) < 4.78 is 32.2. The first-order valence-corrected chi connectivity index (χ1v) is 9.18. The Labute approximate surface area is 177 Å². The highest BCUT2D eigenvalue weighted by molar-refractivity contribution is 6.32. The van der Waals surface area contributed by atoms with Gasteiger partial charge in [0, 0.05) is 11.3 Å². The molecular weight excluding hydrogens is 410 g/mol. The first-order chi connectivity index (χ1) is 14.5. The highest BCUT2D eigenvalue weighted by atomic mass is 35.5. The van der Waals surface area contributed by atoms with Crippen LogP contribution in [0.5, 0.6) is 5.75 Å². The SMILES string of the molecule is N#CC(=Cc1ccc(OCC(=O)Nc2ccc(F)cc2)c(Cl)c1)c1ccccc1F. The van der Waals surface area contributed by atoms with Crippen LogP contribution in [0.15, 0.2) is 66.7 Å². The van der Waals surface area contributed by atoms with E-state index in [1.54, 1.807) is 30.3 Å². The number of rotatable bonds is 6. The van der Waals surface area contributed by atoms with Crippen molar-refractivity contribution in [3.63, 3.8) is 0 Å². The number of carbonyl (C=O) groups is 1. The van der Waals surface area contributed by atoms with E-state index in [4.69, 9.17) is 16.3 Å². The van der Waals surface area contributed by atoms with E-state index in [0.29, 0.717) is 11.3 Å². The summed E-state index contributed by atoms with van der Waals surface area (Å²) in [6.07, 6.45) is 1.51. The zero-order valence-electron chi connectivity index (χ0n) is 15.5. The predicted octanol–water partition coefficient (Wildman–Crippen LogP) is 5.70. The molecule has 0 atom stereocenters. The van der Waals surface area contributed by atoms with Crippen molar-refractivity contribution < 1.29 is 18.3 Å². The number of halogens is 3. The Balaban J connectivity index is 1.67. The number of hydrogen-bond acceptors (Lipinski definition) is 3. The maximum absolute atomic E-state index is 13.9. The van der Waals surface area contributed by atoms with Crippen LogP contribution in [-0.4, -0.2) is 12.5 Å². The maximum Gasteiger partial charge on any atom is 0.262 e. The molecule has 0 saturated heterocycles. The monoisotopic (exact) mass is 424 g/mol. The van der Waals surface area contributed by atoms with Gasteiger partial charge in [-0.15, -0.1) is 0 Å². The summed E-state index contributed by atoms with van der Waals surface area (Å²) in [4.78, 5) is 12.0. The molecular formula is C23H15ClF2N2O2. The van der Waals surface area contributed by atoms with E-state index >= 15 is 0 Å². The molecule has 0 aliphatic carbocycles. The van der Waals surface area contributed by atoms with Gasteiger partial charge in [0.05, 0.1) is 16.7 Å². The van der Waals surface area contributed by atoms with Gasteiger partial charge in [0.15, 0.2) is 6.61 Å². The van der Waals surface area contributed by atoms with Gasteiger partial charge in [0.1, 0.15) is 17.4 Å². The number of ether oxygens (including phenoxy) is 1. The van der Waals surface area contributed by atoms with Gasteiger partial charge in [-0.2, -0.15) is 5.26 Å². The molecule has 0 aromatic heterocycles. The Morgan fingerprint density at radius 3 is 2.50 bits per heavy atom. The molecule has 0 spiro atoms. The molecule has 4 nitrogen and oxygen atoms in total. The zero-order chi connectivity index (χ0) is 21.5. The summed E-state index contributed by atoms with van der Waals surface area (Å²) in [5.74, 6) is -1.07. The fourth-order valence-electron chi connectivity index (χ4n) is 2.61. The van der Waals surface area contributed by atoms with Gasteiger partial charge in [-0.1, -0.05) is 35.9 Å². The van der Waals surface area contributed by atoms with Crippen molar-refractivity contribution >= 4 is 34.8 Å². The molecule has 0 fully saturated rings. The molecule has 150 valence electrons. The van der Waals surface area contributed by atoms with Gasteiger partial charge in [0.25, 0.3) is 5.91 Å². The van der Waals surface area contributed by atoms with Crippen LogP contribution >= 0.6 is 11.6 Å². The number of nitrogens with zero attached hydrogens (tertiary/aromatic N) is 1. The van der Waals surface area contributed by atoms with Crippen molar-refractivity contribution in [1.29, 1.82) is 5.26 Å². The molecule has 0 radical (unpaired) electrons. The Bertz CT molecular complexity index is 1140. The smallest absolute Gasteiger partial charge is 0.262 e. The van der Waals surface area contributed by atoms with Crippen molar-refractivity contribution in [3.05, 3.63) is 94.5 Å². The Morgan fingerprint density at radius 2 is 1.83 bits per heavy atom. The predicted molar refractivity (Wildman–Crippen MR) is 112 cm³/mol. The number of allylic oxidation sites excluding steroid dienone is 1. The molecule has 0 bridgehead atoms. The third-order valence-electron chi connectivity index (χ3n) is 4.04. The van der Waals surface area contributed by atoms with Gasteiger partial charge in [0.2, 0.25) is 0 Å². The Kier molecular flexibility index (Phi) is 6.79. The minimum absolute atomic E-state index is 0.150. The van der Waals surface area contributed by atoms with E-state index in [2.05, 4.69) is 5.32 Å². The summed E-state index contributed by atoms with van der Waals surface area (Å²) in [6, 6.07) is 18.0. The van der Waals surface area contributed by atoms with Crippen LogP contribution < -0.4 is 10.1 Å². The second kappa shape index (κ2) is 9.68. The van der Waals surface area contributed by atoms with E-state index in [0.717, 1.165) is 0 Å². The van der Waals surface area contributed by atoms with Crippen LogP contribution in [0, 0.1) is 23.0 Å². The first kappa shape index (κ1) is 21.0. The summed E-state index contributed by atoms with van der Waals surface area (Å²) in [6.45, 7) is -0.301. The lowest BCUT2D eigenvalue weighted by atomic mass is 10.0. The number of carbonyl (C=O) groups excluding carboxylic acids is 1. The number of anilines is 1. The van der Waals surface area contributed by atoms with E-state index in [1.165, 1.54) is 42.5 Å². The fourth-order valence-corrected chi connectivity index (χ4v) is 2.86. The number of nitriles is 1. The largest absolute Gasteiger partial charge is 0.482 e. The van der Waals surface area contributed by atoms with Gasteiger partial charge < -0.3 is 10.1 Å². The van der Waals surface area contributed by atoms with Crippen LogP contribution in [0.4, 0.5) is 14.5 Å². The fraction of sp³-hybridized carbons (Fsp3) is 0.0435. The lowest BCUT2D eigenvalue weighted by Crippen LogP contribution is -2.20. The standard InChI is InChI=1S/C23H15ClF2N2O2/c24-20-12-15(11-16(13-27)19-3-1-2-4-21(19)26)5-10-22(20)30-14-23(29)28-18-8-6-17(25)7-9-18/h1-12H,14H2,(H,28,29). The molecule has 30 heavy (non-hydrogen) atoms. The highest BCUT2D eigenvalue weighted by Crippen LogP contribution is 2.28. The summed E-state index contributed by atoms with van der Waals surface area (Å²) in [7, 11) is 0. The second-order valence-electron chi connectivity index (χ2n) is 6.18. The minimum atomic E-state index is -0.497. The molecule has 1 N–H and O–H groups in total. The number of benzene rings is 3. The van der Waals surface area contributed by atoms with Crippen LogP contribution in [0.25, 0.3) is 11.6 Å². The van der Waals surface area contributed by atoms with E-state index < -0.39 is 17.5 Å². The van der Waals surface area contributed by atoms with E-state index in [-0.39, 0.29) is 28.5 Å². The van der Waals surface area contributed by atoms with Crippen molar-refractivity contribution in [2.24, 2.45) is 0 Å². The van der Waals surface area contributed by atoms with Gasteiger partial charge >= 0.3 is 0 Å². The average molecular weight is 425 g/mol. The highest BCUT2D eigenvalue weighted by Gasteiger charge is 2.10. The molecule has 7 heteroatoms. The van der Waals surface area contributed by atoms with E-state index in [9.17, 15) is 18.8 Å². The van der Waals surface area contributed by atoms with Crippen LogP contribution in [-0.2, 0) is 4.79 Å². The lowest BCUT2D eigenvalue weighted by molar-refractivity contribution is -0.118. The summed E-state index contributed by atoms with van der Waals surface area (Å²) in [5.41, 5.74) is 1.35. The van der Waals surface area contributed by atoms with Gasteiger partial charge in [-0.3, -0.25) is 4.79 Å². The molecule has 3 rings (SSSR count). The molecule has 0 aliphatic heterocycles. The molecule has 0 aliphatic rings. The third kappa shape index (κ3) is 5.43. The summed E-state index contributed by atoms with van der Waals surface area (Å²) in [5, 5.41) is 12.2. The van der Waals surface area contributed by atoms with Crippen LogP contribution in [0.2, 0.25) is 5.02 Å². The minimum Gasteiger partial charge on any atom is -0.482 e. The first-order valence-electron chi connectivity index (χ1n) is 8.81. The quantitative estimate of drug-likeness (QED) is 0.408. The summed E-state index contributed by atoms with van der Waals surface area (Å²) >= 11 is 6.21. The lowest BCUT2D eigenvalue weighted by Gasteiger charge is -2.09. The number of nitrogens with one attached hydrogen (secondary N) is 1.